The van der Waals surface area contributed by atoms with E-state index in [2.05, 4.69) is 10.6 Å². The molecule has 25 heavy (non-hydrogen) atoms. The highest BCUT2D eigenvalue weighted by molar-refractivity contribution is 5.98. The molecule has 134 valence electrons. The summed E-state index contributed by atoms with van der Waals surface area (Å²) in [6, 6.07) is 7.02. The number of carbonyl (C=O) groups is 3. The van der Waals surface area contributed by atoms with Gasteiger partial charge in [0.25, 0.3) is 5.91 Å². The molecule has 2 aliphatic rings. The molecule has 0 heterocycles. The van der Waals surface area contributed by atoms with Gasteiger partial charge in [0, 0.05) is 23.7 Å². The predicted octanol–water partition coefficient (Wildman–Crippen LogP) is 2.94. The minimum Gasteiger partial charge on any atom is -0.481 e. The van der Waals surface area contributed by atoms with Gasteiger partial charge < -0.3 is 15.7 Å². The first-order chi connectivity index (χ1) is 12.0. The number of hydrogen-bond acceptors (Lipinski definition) is 3. The maximum absolute atomic E-state index is 12.4. The lowest BCUT2D eigenvalue weighted by Gasteiger charge is -2.32. The topological polar surface area (TPSA) is 95.5 Å². The zero-order valence-electron chi connectivity index (χ0n) is 14.2. The molecule has 0 saturated heterocycles. The van der Waals surface area contributed by atoms with Crippen LogP contribution in [0.4, 0.5) is 5.69 Å². The van der Waals surface area contributed by atoms with Crippen molar-refractivity contribution < 1.29 is 19.5 Å². The highest BCUT2D eigenvalue weighted by atomic mass is 16.4. The second-order valence-corrected chi connectivity index (χ2v) is 7.20. The maximum atomic E-state index is 12.4. The first-order valence-corrected chi connectivity index (χ1v) is 8.93. The SMILES string of the molecule is O=C(CC1(C(=O)O)CCCCC1)Nc1cccc(C(=O)NC2CC2)c1. The van der Waals surface area contributed by atoms with E-state index < -0.39 is 11.4 Å². The third-order valence-electron chi connectivity index (χ3n) is 5.08. The first kappa shape index (κ1) is 17.5. The number of benzene rings is 1. The van der Waals surface area contributed by atoms with Crippen LogP contribution >= 0.6 is 0 Å². The van der Waals surface area contributed by atoms with E-state index in [0.29, 0.717) is 24.1 Å². The number of hydrogen-bond donors (Lipinski definition) is 3. The first-order valence-electron chi connectivity index (χ1n) is 8.93. The van der Waals surface area contributed by atoms with E-state index in [1.165, 1.54) is 0 Å². The van der Waals surface area contributed by atoms with E-state index in [1.807, 2.05) is 0 Å². The lowest BCUT2D eigenvalue weighted by atomic mass is 9.71. The summed E-state index contributed by atoms with van der Waals surface area (Å²) in [4.78, 5) is 36.2. The monoisotopic (exact) mass is 344 g/mol. The van der Waals surface area contributed by atoms with Crippen molar-refractivity contribution in [2.45, 2.75) is 57.4 Å². The molecule has 0 bridgehead atoms. The molecule has 6 nitrogen and oxygen atoms in total. The van der Waals surface area contributed by atoms with Crippen LogP contribution < -0.4 is 10.6 Å². The molecule has 0 aliphatic heterocycles. The molecule has 0 atom stereocenters. The molecule has 2 amide bonds. The zero-order chi connectivity index (χ0) is 17.9. The normalized spacial score (nSPS) is 19.0. The van der Waals surface area contributed by atoms with Crippen LogP contribution in [0.3, 0.4) is 0 Å². The van der Waals surface area contributed by atoms with Gasteiger partial charge in [0.2, 0.25) is 5.91 Å². The quantitative estimate of drug-likeness (QED) is 0.739. The third-order valence-corrected chi connectivity index (χ3v) is 5.08. The number of carboxylic acid groups (broad SMARTS) is 1. The molecule has 2 saturated carbocycles. The van der Waals surface area contributed by atoms with Gasteiger partial charge in [0.1, 0.15) is 0 Å². The van der Waals surface area contributed by atoms with E-state index in [4.69, 9.17) is 0 Å². The van der Waals surface area contributed by atoms with Crippen LogP contribution in [0.2, 0.25) is 0 Å². The average Bonchev–Trinajstić information content (AvgIpc) is 3.39. The summed E-state index contributed by atoms with van der Waals surface area (Å²) < 4.78 is 0. The lowest BCUT2D eigenvalue weighted by molar-refractivity contribution is -0.153. The lowest BCUT2D eigenvalue weighted by Crippen LogP contribution is -2.37. The third kappa shape index (κ3) is 4.38. The van der Waals surface area contributed by atoms with Crippen LogP contribution in [-0.2, 0) is 9.59 Å². The van der Waals surface area contributed by atoms with Crippen LogP contribution in [0, 0.1) is 5.41 Å². The second-order valence-electron chi connectivity index (χ2n) is 7.20. The van der Waals surface area contributed by atoms with E-state index >= 15 is 0 Å². The molecule has 1 aromatic carbocycles. The van der Waals surface area contributed by atoms with E-state index in [0.717, 1.165) is 32.1 Å². The van der Waals surface area contributed by atoms with Crippen LogP contribution in [0.5, 0.6) is 0 Å². The number of carboxylic acids is 1. The largest absolute Gasteiger partial charge is 0.481 e. The molecule has 6 heteroatoms. The molecule has 0 aromatic heterocycles. The fourth-order valence-corrected chi connectivity index (χ4v) is 3.44. The van der Waals surface area contributed by atoms with Gasteiger partial charge in [-0.25, -0.2) is 0 Å². The second kappa shape index (κ2) is 7.25. The number of amides is 2. The average molecular weight is 344 g/mol. The molecule has 3 N–H and O–H groups in total. The summed E-state index contributed by atoms with van der Waals surface area (Å²) in [5, 5.41) is 15.2. The Morgan fingerprint density at radius 2 is 1.84 bits per heavy atom. The molecule has 0 unspecified atom stereocenters. The van der Waals surface area contributed by atoms with E-state index in [9.17, 15) is 19.5 Å². The fraction of sp³-hybridized carbons (Fsp3) is 0.526. The molecular formula is C19H24N2O4. The molecular weight excluding hydrogens is 320 g/mol. The van der Waals surface area contributed by atoms with Gasteiger partial charge in [-0.05, 0) is 43.9 Å². The van der Waals surface area contributed by atoms with Crippen LogP contribution in [0.15, 0.2) is 24.3 Å². The Labute approximate surface area is 147 Å². The molecule has 2 fully saturated rings. The van der Waals surface area contributed by atoms with Crippen molar-refractivity contribution in [2.24, 2.45) is 5.41 Å². The van der Waals surface area contributed by atoms with Gasteiger partial charge in [-0.1, -0.05) is 25.3 Å². The van der Waals surface area contributed by atoms with Crippen LogP contribution in [0.25, 0.3) is 0 Å². The molecule has 3 rings (SSSR count). The number of nitrogens with one attached hydrogen (secondary N) is 2. The summed E-state index contributed by atoms with van der Waals surface area (Å²) >= 11 is 0. The van der Waals surface area contributed by atoms with Gasteiger partial charge in [-0.2, -0.15) is 0 Å². The van der Waals surface area contributed by atoms with Gasteiger partial charge in [-0.3, -0.25) is 14.4 Å². The molecule has 0 radical (unpaired) electrons. The summed E-state index contributed by atoms with van der Waals surface area (Å²) in [6.07, 6.45) is 5.79. The van der Waals surface area contributed by atoms with Gasteiger partial charge in [0.15, 0.2) is 0 Å². The Hall–Kier alpha value is -2.37. The van der Waals surface area contributed by atoms with Crippen LogP contribution in [0.1, 0.15) is 61.7 Å². The Morgan fingerprint density at radius 3 is 2.48 bits per heavy atom. The Kier molecular flexibility index (Phi) is 5.06. The highest BCUT2D eigenvalue weighted by Crippen LogP contribution is 2.39. The van der Waals surface area contributed by atoms with Crippen LogP contribution in [-0.4, -0.2) is 28.9 Å². The number of anilines is 1. The van der Waals surface area contributed by atoms with E-state index in [-0.39, 0.29) is 24.3 Å². The Balaban J connectivity index is 1.63. The Morgan fingerprint density at radius 1 is 1.12 bits per heavy atom. The number of carbonyl (C=O) groups excluding carboxylic acids is 2. The zero-order valence-corrected chi connectivity index (χ0v) is 14.2. The summed E-state index contributed by atoms with van der Waals surface area (Å²) in [7, 11) is 0. The fourth-order valence-electron chi connectivity index (χ4n) is 3.44. The van der Waals surface area contributed by atoms with Crippen molar-refractivity contribution in [3.63, 3.8) is 0 Å². The van der Waals surface area contributed by atoms with Gasteiger partial charge in [-0.15, -0.1) is 0 Å². The molecule has 1 aromatic rings. The number of rotatable bonds is 6. The summed E-state index contributed by atoms with van der Waals surface area (Å²) in [5.74, 6) is -1.35. The number of aliphatic carboxylic acids is 1. The smallest absolute Gasteiger partial charge is 0.310 e. The Bertz CT molecular complexity index is 676. The minimum absolute atomic E-state index is 0.0270. The van der Waals surface area contributed by atoms with Crippen molar-refractivity contribution in [2.75, 3.05) is 5.32 Å². The highest BCUT2D eigenvalue weighted by Gasteiger charge is 2.41. The van der Waals surface area contributed by atoms with Gasteiger partial charge >= 0.3 is 5.97 Å². The minimum atomic E-state index is -0.955. The molecule has 0 spiro atoms. The summed E-state index contributed by atoms with van der Waals surface area (Å²) in [6.45, 7) is 0. The van der Waals surface area contributed by atoms with Crippen molar-refractivity contribution in [1.82, 2.24) is 5.32 Å². The predicted molar refractivity (Wildman–Crippen MR) is 93.3 cm³/mol. The molecule has 2 aliphatic carbocycles. The van der Waals surface area contributed by atoms with Crippen molar-refractivity contribution in [3.05, 3.63) is 29.8 Å². The maximum Gasteiger partial charge on any atom is 0.310 e. The van der Waals surface area contributed by atoms with Gasteiger partial charge in [0.05, 0.1) is 5.41 Å². The standard InChI is InChI=1S/C19H24N2O4/c22-16(12-19(18(24)25)9-2-1-3-10-19)20-15-6-4-5-13(11-15)17(23)21-14-7-8-14/h4-6,11,14H,1-3,7-10,12H2,(H,20,22)(H,21,23)(H,24,25). The van der Waals surface area contributed by atoms with Crippen molar-refractivity contribution in [3.8, 4) is 0 Å². The van der Waals surface area contributed by atoms with Crippen molar-refractivity contribution >= 4 is 23.5 Å². The van der Waals surface area contributed by atoms with E-state index in [1.54, 1.807) is 24.3 Å². The van der Waals surface area contributed by atoms with Crippen molar-refractivity contribution in [1.29, 1.82) is 0 Å². The summed E-state index contributed by atoms with van der Waals surface area (Å²) in [5.41, 5.74) is 0.0589.